The van der Waals surface area contributed by atoms with E-state index in [-0.39, 0.29) is 10.7 Å². The van der Waals surface area contributed by atoms with E-state index in [1.807, 2.05) is 0 Å². The fourth-order valence-electron chi connectivity index (χ4n) is 1.31. The third kappa shape index (κ3) is 1.42. The van der Waals surface area contributed by atoms with Crippen LogP contribution in [0.2, 0.25) is 5.15 Å². The highest BCUT2D eigenvalue weighted by molar-refractivity contribution is 6.30. The molecule has 0 fully saturated rings. The van der Waals surface area contributed by atoms with E-state index in [0.717, 1.165) is 0 Å². The van der Waals surface area contributed by atoms with E-state index in [1.165, 1.54) is 6.07 Å². The average molecular weight is 207 g/mol. The lowest BCUT2D eigenvalue weighted by Crippen LogP contribution is -2.22. The van der Waals surface area contributed by atoms with Crippen LogP contribution in [0.1, 0.15) is 10.4 Å². The second kappa shape index (κ2) is 3.27. The molecule has 0 saturated heterocycles. The average Bonchev–Trinajstić information content (AvgIpc) is 2.16. The number of aromatic nitrogens is 1. The molecule has 2 aromatic rings. The predicted octanol–water partition coefficient (Wildman–Crippen LogP) is 1.25. The zero-order valence-corrected chi connectivity index (χ0v) is 7.78. The molecule has 70 valence electrons. The van der Waals surface area contributed by atoms with Crippen molar-refractivity contribution in [3.63, 3.8) is 0 Å². The molecule has 1 aromatic heterocycles. The van der Waals surface area contributed by atoms with Gasteiger partial charge in [-0.25, -0.2) is 4.98 Å². The SMILES string of the molecule is O=C([O-])c1cc(Cl)nc2ccccc12. The van der Waals surface area contributed by atoms with E-state index in [4.69, 9.17) is 11.6 Å². The Morgan fingerprint density at radius 3 is 2.79 bits per heavy atom. The van der Waals surface area contributed by atoms with Crippen LogP contribution in [0.4, 0.5) is 0 Å². The molecule has 0 radical (unpaired) electrons. The molecule has 0 spiro atoms. The van der Waals surface area contributed by atoms with Crippen LogP contribution in [-0.2, 0) is 0 Å². The third-order valence-corrected chi connectivity index (χ3v) is 2.10. The van der Waals surface area contributed by atoms with Crippen LogP contribution in [0.25, 0.3) is 10.9 Å². The minimum Gasteiger partial charge on any atom is -0.545 e. The van der Waals surface area contributed by atoms with Gasteiger partial charge in [0.15, 0.2) is 0 Å². The number of benzene rings is 1. The summed E-state index contributed by atoms with van der Waals surface area (Å²) in [5, 5.41) is 11.5. The van der Waals surface area contributed by atoms with E-state index < -0.39 is 5.97 Å². The summed E-state index contributed by atoms with van der Waals surface area (Å²) in [5.41, 5.74) is 0.625. The fraction of sp³-hybridized carbons (Fsp3) is 0. The smallest absolute Gasteiger partial charge is 0.130 e. The number of carboxylic acid groups (broad SMARTS) is 1. The molecular formula is C10H5ClNO2-. The maximum atomic E-state index is 10.8. The second-order valence-corrected chi connectivity index (χ2v) is 3.18. The van der Waals surface area contributed by atoms with Gasteiger partial charge in [0.2, 0.25) is 0 Å². The van der Waals surface area contributed by atoms with Crippen molar-refractivity contribution < 1.29 is 9.90 Å². The van der Waals surface area contributed by atoms with Crippen LogP contribution in [-0.4, -0.2) is 11.0 Å². The summed E-state index contributed by atoms with van der Waals surface area (Å²) < 4.78 is 0. The van der Waals surface area contributed by atoms with Crippen LogP contribution in [0, 0.1) is 0 Å². The Balaban J connectivity index is 2.87. The second-order valence-electron chi connectivity index (χ2n) is 2.80. The lowest BCUT2D eigenvalue weighted by Gasteiger charge is -2.06. The minimum absolute atomic E-state index is 0.0700. The molecule has 0 aliphatic heterocycles. The Bertz CT molecular complexity index is 510. The van der Waals surface area contributed by atoms with Crippen molar-refractivity contribution in [2.75, 3.05) is 0 Å². The molecule has 3 nitrogen and oxygen atoms in total. The van der Waals surface area contributed by atoms with Crippen molar-refractivity contribution in [3.05, 3.63) is 41.0 Å². The van der Waals surface area contributed by atoms with Gasteiger partial charge in [0.05, 0.1) is 11.5 Å². The van der Waals surface area contributed by atoms with Gasteiger partial charge in [-0.2, -0.15) is 0 Å². The molecule has 0 unspecified atom stereocenters. The van der Waals surface area contributed by atoms with Crippen molar-refractivity contribution in [1.29, 1.82) is 0 Å². The number of hydrogen-bond donors (Lipinski definition) is 0. The van der Waals surface area contributed by atoms with Crippen LogP contribution < -0.4 is 5.11 Å². The van der Waals surface area contributed by atoms with E-state index in [1.54, 1.807) is 24.3 Å². The number of nitrogens with zero attached hydrogens (tertiary/aromatic N) is 1. The van der Waals surface area contributed by atoms with Gasteiger partial charge in [-0.05, 0) is 12.1 Å². The number of para-hydroxylation sites is 1. The molecule has 4 heteroatoms. The molecule has 2 rings (SSSR count). The van der Waals surface area contributed by atoms with E-state index in [9.17, 15) is 9.90 Å². The van der Waals surface area contributed by atoms with Gasteiger partial charge in [0.25, 0.3) is 0 Å². The van der Waals surface area contributed by atoms with Crippen molar-refractivity contribution in [2.45, 2.75) is 0 Å². The topological polar surface area (TPSA) is 53.0 Å². The molecule has 0 saturated carbocycles. The molecule has 1 aromatic carbocycles. The Morgan fingerprint density at radius 1 is 1.36 bits per heavy atom. The van der Waals surface area contributed by atoms with Gasteiger partial charge in [-0.15, -0.1) is 0 Å². The molecule has 0 amide bonds. The quantitative estimate of drug-likeness (QED) is 0.660. The summed E-state index contributed by atoms with van der Waals surface area (Å²) in [6, 6.07) is 8.17. The van der Waals surface area contributed by atoms with Crippen LogP contribution in [0.3, 0.4) is 0 Å². The third-order valence-electron chi connectivity index (χ3n) is 1.90. The lowest BCUT2D eigenvalue weighted by atomic mass is 10.1. The summed E-state index contributed by atoms with van der Waals surface area (Å²) in [6.45, 7) is 0. The van der Waals surface area contributed by atoms with Crippen LogP contribution in [0.5, 0.6) is 0 Å². The standard InChI is InChI=1S/C10H6ClNO2/c11-9-5-7(10(13)14)6-3-1-2-4-8(6)12-9/h1-5H,(H,13,14)/p-1. The van der Waals surface area contributed by atoms with E-state index in [2.05, 4.69) is 4.98 Å². The first kappa shape index (κ1) is 8.97. The summed E-state index contributed by atoms with van der Waals surface area (Å²) in [4.78, 5) is 14.8. The van der Waals surface area contributed by atoms with Crippen molar-refractivity contribution in [1.82, 2.24) is 4.98 Å². The Kier molecular flexibility index (Phi) is 2.09. The van der Waals surface area contributed by atoms with Gasteiger partial charge < -0.3 is 9.90 Å². The molecule has 0 atom stereocenters. The first-order chi connectivity index (χ1) is 6.68. The molecule has 0 bridgehead atoms. The minimum atomic E-state index is -1.24. The number of aromatic carboxylic acids is 1. The van der Waals surface area contributed by atoms with Gasteiger partial charge >= 0.3 is 0 Å². The van der Waals surface area contributed by atoms with Crippen molar-refractivity contribution >= 4 is 28.5 Å². The highest BCUT2D eigenvalue weighted by atomic mass is 35.5. The van der Waals surface area contributed by atoms with Crippen molar-refractivity contribution in [3.8, 4) is 0 Å². The molecule has 1 heterocycles. The monoisotopic (exact) mass is 206 g/mol. The molecule has 0 aliphatic rings. The normalized spacial score (nSPS) is 10.4. The highest BCUT2D eigenvalue weighted by Gasteiger charge is 2.04. The van der Waals surface area contributed by atoms with E-state index in [0.29, 0.717) is 10.9 Å². The highest BCUT2D eigenvalue weighted by Crippen LogP contribution is 2.19. The first-order valence-electron chi connectivity index (χ1n) is 3.95. The maximum absolute atomic E-state index is 10.8. The number of pyridine rings is 1. The number of halogens is 1. The lowest BCUT2D eigenvalue weighted by molar-refractivity contribution is -0.254. The Morgan fingerprint density at radius 2 is 2.07 bits per heavy atom. The van der Waals surface area contributed by atoms with Gasteiger partial charge in [0.1, 0.15) is 5.15 Å². The first-order valence-corrected chi connectivity index (χ1v) is 4.33. The zero-order valence-electron chi connectivity index (χ0n) is 7.03. The van der Waals surface area contributed by atoms with Crippen LogP contribution >= 0.6 is 11.6 Å². The number of carboxylic acids is 1. The number of fused-ring (bicyclic) bond motifs is 1. The zero-order chi connectivity index (χ0) is 10.1. The Hall–Kier alpha value is -1.61. The summed E-state index contributed by atoms with van der Waals surface area (Å²) >= 11 is 5.67. The van der Waals surface area contributed by atoms with E-state index >= 15 is 0 Å². The maximum Gasteiger partial charge on any atom is 0.130 e. The molecular weight excluding hydrogens is 202 g/mol. The largest absolute Gasteiger partial charge is 0.545 e. The van der Waals surface area contributed by atoms with Gasteiger partial charge in [0, 0.05) is 10.9 Å². The number of carbonyl (C=O) groups excluding carboxylic acids is 1. The van der Waals surface area contributed by atoms with Crippen LogP contribution in [0.15, 0.2) is 30.3 Å². The number of rotatable bonds is 1. The summed E-state index contributed by atoms with van der Waals surface area (Å²) in [7, 11) is 0. The van der Waals surface area contributed by atoms with Gasteiger partial charge in [-0.1, -0.05) is 29.8 Å². The predicted molar refractivity (Wildman–Crippen MR) is 51.1 cm³/mol. The number of carbonyl (C=O) groups is 1. The number of hydrogen-bond acceptors (Lipinski definition) is 3. The molecule has 0 N–H and O–H groups in total. The molecule has 14 heavy (non-hydrogen) atoms. The summed E-state index contributed by atoms with van der Waals surface area (Å²) in [5.74, 6) is -1.24. The molecule has 0 aliphatic carbocycles. The fourth-order valence-corrected chi connectivity index (χ4v) is 1.51. The van der Waals surface area contributed by atoms with Crippen molar-refractivity contribution in [2.24, 2.45) is 0 Å². The summed E-state index contributed by atoms with van der Waals surface area (Å²) in [6.07, 6.45) is 0. The van der Waals surface area contributed by atoms with Gasteiger partial charge in [-0.3, -0.25) is 0 Å². The Labute approximate surface area is 85.0 Å².